The van der Waals surface area contributed by atoms with Gasteiger partial charge in [-0.2, -0.15) is 0 Å². The Hall–Kier alpha value is -3.31. The molecule has 0 amide bonds. The van der Waals surface area contributed by atoms with E-state index in [-0.39, 0.29) is 11.5 Å². The summed E-state index contributed by atoms with van der Waals surface area (Å²) in [6.45, 7) is 2.54. The first-order valence-electron chi connectivity index (χ1n) is 8.29. The first-order chi connectivity index (χ1) is 12.5. The molecule has 1 aliphatic heterocycles. The van der Waals surface area contributed by atoms with Crippen molar-refractivity contribution >= 4 is 11.5 Å². The number of quaternary nitrogens is 1. The normalized spacial score (nSPS) is 20.4. The van der Waals surface area contributed by atoms with Gasteiger partial charge >= 0.3 is 0 Å². The summed E-state index contributed by atoms with van der Waals surface area (Å²) in [5.41, 5.74) is 3.95. The summed E-state index contributed by atoms with van der Waals surface area (Å²) >= 11 is 0. The number of hydrogen-bond acceptors (Lipinski definition) is 3. The average molecular weight is 347 g/mol. The van der Waals surface area contributed by atoms with Crippen LogP contribution in [0.2, 0.25) is 0 Å². The number of non-ortho nitro benzene ring substituents is 1. The van der Waals surface area contributed by atoms with Crippen molar-refractivity contribution in [1.29, 1.82) is 0 Å². The number of nitro groups is 1. The Balaban J connectivity index is 1.62. The Labute approximate surface area is 151 Å². The van der Waals surface area contributed by atoms with E-state index in [0.29, 0.717) is 0 Å². The monoisotopic (exact) mass is 347 g/mol. The molecule has 0 bridgehead atoms. The molecule has 130 valence electrons. The van der Waals surface area contributed by atoms with Crippen molar-refractivity contribution in [3.05, 3.63) is 112 Å². The molecule has 3 rings (SSSR count). The highest BCUT2D eigenvalue weighted by molar-refractivity contribution is 6.05. The second-order valence-corrected chi connectivity index (χ2v) is 6.20. The van der Waals surface area contributed by atoms with Crippen molar-refractivity contribution in [2.75, 3.05) is 0 Å². The number of nitrogens with one attached hydrogen (secondary N) is 1. The number of allylic oxidation sites excluding steroid dienone is 10. The first-order valence-corrected chi connectivity index (χ1v) is 8.29. The van der Waals surface area contributed by atoms with Crippen LogP contribution in [-0.4, -0.2) is 10.7 Å². The standard InChI is InChI=1S/C21H18N2O3/c1-16-14-18(6-9-21(16)24)3-2-17-10-12-22(13-11-17)15-19-4-7-20(8-5-19)23(25)26/h2-14H,15H2,1H3/p+1. The zero-order chi connectivity index (χ0) is 18.5. The maximum absolute atomic E-state index is 11.4. The molecule has 0 fully saturated rings. The predicted octanol–water partition coefficient (Wildman–Crippen LogP) is 2.96. The third-order valence-corrected chi connectivity index (χ3v) is 4.20. The van der Waals surface area contributed by atoms with E-state index in [1.54, 1.807) is 18.2 Å². The molecular weight excluding hydrogens is 328 g/mol. The Morgan fingerprint density at radius 3 is 2.27 bits per heavy atom. The van der Waals surface area contributed by atoms with Crippen LogP contribution in [0.1, 0.15) is 12.5 Å². The van der Waals surface area contributed by atoms with Crippen molar-refractivity contribution in [3.63, 3.8) is 0 Å². The van der Waals surface area contributed by atoms with Crippen LogP contribution in [0.3, 0.4) is 0 Å². The van der Waals surface area contributed by atoms with Crippen molar-refractivity contribution in [3.8, 4) is 0 Å². The van der Waals surface area contributed by atoms with Gasteiger partial charge in [0.1, 0.15) is 6.54 Å². The third kappa shape index (κ3) is 4.40. The molecule has 1 heterocycles. The lowest BCUT2D eigenvalue weighted by Gasteiger charge is -2.13. The quantitative estimate of drug-likeness (QED) is 0.673. The van der Waals surface area contributed by atoms with Gasteiger partial charge < -0.3 is 0 Å². The molecule has 1 aromatic rings. The Morgan fingerprint density at radius 1 is 1.00 bits per heavy atom. The van der Waals surface area contributed by atoms with Gasteiger partial charge in [0.05, 0.1) is 17.3 Å². The zero-order valence-electron chi connectivity index (χ0n) is 14.4. The largest absolute Gasteiger partial charge is 0.290 e. The number of carbonyl (C=O) groups is 1. The number of benzene rings is 1. The molecule has 0 aromatic heterocycles. The van der Waals surface area contributed by atoms with Crippen LogP contribution in [0.25, 0.3) is 0 Å². The predicted molar refractivity (Wildman–Crippen MR) is 100 cm³/mol. The molecule has 0 saturated carbocycles. The minimum Gasteiger partial charge on any atom is -0.290 e. The Morgan fingerprint density at radius 2 is 1.65 bits per heavy atom. The van der Waals surface area contributed by atoms with Crippen molar-refractivity contribution in [1.82, 2.24) is 0 Å². The molecular formula is C21H19N2O3+. The second-order valence-electron chi connectivity index (χ2n) is 6.20. The minimum absolute atomic E-state index is 0.0535. The van der Waals surface area contributed by atoms with Gasteiger partial charge in [-0.1, -0.05) is 18.2 Å². The van der Waals surface area contributed by atoms with Gasteiger partial charge in [-0.3, -0.25) is 19.8 Å². The number of nitro benzene ring substituents is 1. The molecule has 0 atom stereocenters. The molecule has 0 saturated heterocycles. The van der Waals surface area contributed by atoms with Crippen molar-refractivity contribution < 1.29 is 14.6 Å². The number of rotatable bonds is 4. The molecule has 26 heavy (non-hydrogen) atoms. The summed E-state index contributed by atoms with van der Waals surface area (Å²) in [6, 6.07) is 6.63. The fraction of sp³-hybridized carbons (Fsp3) is 0.0952. The summed E-state index contributed by atoms with van der Waals surface area (Å²) < 4.78 is 0. The van der Waals surface area contributed by atoms with E-state index >= 15 is 0 Å². The molecule has 1 N–H and O–H groups in total. The van der Waals surface area contributed by atoms with E-state index in [1.165, 1.54) is 12.1 Å². The lowest BCUT2D eigenvalue weighted by atomic mass is 10.0. The molecule has 5 nitrogen and oxygen atoms in total. The van der Waals surface area contributed by atoms with E-state index in [2.05, 4.69) is 0 Å². The molecule has 1 aliphatic carbocycles. The third-order valence-electron chi connectivity index (χ3n) is 4.20. The SMILES string of the molecule is CC1=CC(=CC=C2C=C[NH+](Cc3ccc([N+](=O)[O-])cc3)C=C2)C=CC1=O. The highest BCUT2D eigenvalue weighted by Gasteiger charge is 2.10. The molecule has 0 radical (unpaired) electrons. The summed E-state index contributed by atoms with van der Waals surface area (Å²) in [4.78, 5) is 22.9. The van der Waals surface area contributed by atoms with Gasteiger partial charge in [-0.25, -0.2) is 0 Å². The number of carbonyl (C=O) groups excluding carboxylic acids is 1. The molecule has 0 spiro atoms. The van der Waals surface area contributed by atoms with Crippen LogP contribution in [0, 0.1) is 10.1 Å². The van der Waals surface area contributed by atoms with Crippen molar-refractivity contribution in [2.45, 2.75) is 13.5 Å². The van der Waals surface area contributed by atoms with Gasteiger partial charge in [-0.15, -0.1) is 0 Å². The Bertz CT molecular complexity index is 897. The maximum atomic E-state index is 11.4. The van der Waals surface area contributed by atoms with Crippen LogP contribution in [0.5, 0.6) is 0 Å². The second kappa shape index (κ2) is 7.72. The maximum Gasteiger partial charge on any atom is 0.269 e. The fourth-order valence-electron chi connectivity index (χ4n) is 2.69. The molecule has 2 aliphatic rings. The number of hydrogen-bond donors (Lipinski definition) is 1. The topological polar surface area (TPSA) is 64.7 Å². The lowest BCUT2D eigenvalue weighted by molar-refractivity contribution is -0.806. The number of nitrogens with zero attached hydrogens (tertiary/aromatic N) is 1. The fourth-order valence-corrected chi connectivity index (χ4v) is 2.69. The summed E-state index contributed by atoms with van der Waals surface area (Å²) in [5.74, 6) is 0.0535. The van der Waals surface area contributed by atoms with E-state index in [4.69, 9.17) is 0 Å². The van der Waals surface area contributed by atoms with Gasteiger partial charge in [0.15, 0.2) is 5.78 Å². The first kappa shape index (κ1) is 17.5. The molecule has 1 aromatic carbocycles. The summed E-state index contributed by atoms with van der Waals surface area (Å²) in [5, 5.41) is 10.7. The Kier molecular flexibility index (Phi) is 5.20. The highest BCUT2D eigenvalue weighted by atomic mass is 16.6. The molecule has 5 heteroatoms. The van der Waals surface area contributed by atoms with E-state index in [1.807, 2.05) is 55.8 Å². The average Bonchev–Trinajstić information content (AvgIpc) is 2.64. The van der Waals surface area contributed by atoms with Crippen LogP contribution in [0.4, 0.5) is 5.69 Å². The van der Waals surface area contributed by atoms with E-state index in [0.717, 1.165) is 33.7 Å². The van der Waals surface area contributed by atoms with Gasteiger partial charge in [0.2, 0.25) is 0 Å². The van der Waals surface area contributed by atoms with E-state index in [9.17, 15) is 14.9 Å². The molecule has 0 unspecified atom stereocenters. The van der Waals surface area contributed by atoms with E-state index < -0.39 is 4.92 Å². The van der Waals surface area contributed by atoms with Crippen LogP contribution >= 0.6 is 0 Å². The van der Waals surface area contributed by atoms with Crippen molar-refractivity contribution in [2.24, 2.45) is 0 Å². The highest BCUT2D eigenvalue weighted by Crippen LogP contribution is 2.14. The van der Waals surface area contributed by atoms with Crippen LogP contribution in [0.15, 0.2) is 95.9 Å². The number of ketones is 1. The summed E-state index contributed by atoms with van der Waals surface area (Å²) in [7, 11) is 0. The van der Waals surface area contributed by atoms with Gasteiger partial charge in [0.25, 0.3) is 5.69 Å². The summed E-state index contributed by atoms with van der Waals surface area (Å²) in [6.07, 6.45) is 17.4. The minimum atomic E-state index is -0.392. The zero-order valence-corrected chi connectivity index (χ0v) is 14.4. The smallest absolute Gasteiger partial charge is 0.269 e. The van der Waals surface area contributed by atoms with Gasteiger partial charge in [0, 0.05) is 17.7 Å². The van der Waals surface area contributed by atoms with Gasteiger partial charge in [-0.05, 0) is 60.1 Å². The van der Waals surface area contributed by atoms with Crippen LogP contribution in [-0.2, 0) is 11.3 Å². The van der Waals surface area contributed by atoms with Crippen LogP contribution < -0.4 is 4.90 Å². The lowest BCUT2D eigenvalue weighted by Crippen LogP contribution is -3.01.